The first kappa shape index (κ1) is 11.5. The molecule has 4 heteroatoms. The Morgan fingerprint density at radius 1 is 1.44 bits per heavy atom. The molecule has 0 spiro atoms. The predicted octanol–water partition coefficient (Wildman–Crippen LogP) is 1.92. The standard InChI is InChI=1S/C14H19N3O/c1-2-16-7-6-11(10-16)8-13-15-9-12-4-3-5-14(18)17(12)13/h3-5,9,11,18H,2,6-8,10H2,1H3. The van der Waals surface area contributed by atoms with E-state index in [0.717, 1.165) is 30.9 Å². The van der Waals surface area contributed by atoms with Crippen LogP contribution in [0.25, 0.3) is 5.52 Å². The molecule has 96 valence electrons. The van der Waals surface area contributed by atoms with E-state index in [2.05, 4.69) is 16.8 Å². The Morgan fingerprint density at radius 3 is 3.11 bits per heavy atom. The van der Waals surface area contributed by atoms with Gasteiger partial charge in [-0.1, -0.05) is 13.0 Å². The number of nitrogens with zero attached hydrogens (tertiary/aromatic N) is 3. The quantitative estimate of drug-likeness (QED) is 0.898. The van der Waals surface area contributed by atoms with E-state index in [0.29, 0.717) is 5.92 Å². The number of aromatic hydroxyl groups is 1. The zero-order chi connectivity index (χ0) is 12.5. The van der Waals surface area contributed by atoms with Crippen molar-refractivity contribution in [3.8, 4) is 5.88 Å². The molecule has 0 saturated carbocycles. The number of aromatic nitrogens is 2. The molecule has 2 aromatic rings. The first-order chi connectivity index (χ1) is 8.78. The molecular weight excluding hydrogens is 226 g/mol. The summed E-state index contributed by atoms with van der Waals surface area (Å²) in [4.78, 5) is 6.93. The SMILES string of the molecule is CCN1CCC(Cc2ncc3cccc(O)n23)C1. The van der Waals surface area contributed by atoms with Crippen LogP contribution in [0.3, 0.4) is 0 Å². The molecule has 1 aliphatic heterocycles. The summed E-state index contributed by atoms with van der Waals surface area (Å²) in [5.41, 5.74) is 0.968. The second-order valence-corrected chi connectivity index (χ2v) is 5.07. The van der Waals surface area contributed by atoms with E-state index in [1.165, 1.54) is 13.0 Å². The maximum absolute atomic E-state index is 9.93. The normalized spacial score (nSPS) is 20.8. The molecule has 4 nitrogen and oxygen atoms in total. The Bertz CT molecular complexity index is 549. The number of hydrogen-bond acceptors (Lipinski definition) is 3. The Labute approximate surface area is 107 Å². The molecule has 1 aliphatic rings. The van der Waals surface area contributed by atoms with Crippen LogP contribution in [0.2, 0.25) is 0 Å². The molecule has 2 aromatic heterocycles. The fourth-order valence-corrected chi connectivity index (χ4v) is 2.86. The second kappa shape index (κ2) is 4.61. The second-order valence-electron chi connectivity index (χ2n) is 5.07. The van der Waals surface area contributed by atoms with Crippen LogP contribution in [0.5, 0.6) is 5.88 Å². The van der Waals surface area contributed by atoms with E-state index in [-0.39, 0.29) is 5.88 Å². The third-order valence-corrected chi connectivity index (χ3v) is 3.89. The van der Waals surface area contributed by atoms with Crippen molar-refractivity contribution >= 4 is 5.52 Å². The zero-order valence-corrected chi connectivity index (χ0v) is 10.7. The minimum atomic E-state index is 0.283. The molecule has 0 radical (unpaired) electrons. The fraction of sp³-hybridized carbons (Fsp3) is 0.500. The maximum Gasteiger partial charge on any atom is 0.197 e. The smallest absolute Gasteiger partial charge is 0.197 e. The molecule has 0 aliphatic carbocycles. The van der Waals surface area contributed by atoms with Crippen LogP contribution in [0.4, 0.5) is 0 Å². The largest absolute Gasteiger partial charge is 0.494 e. The minimum Gasteiger partial charge on any atom is -0.494 e. The fourth-order valence-electron chi connectivity index (χ4n) is 2.86. The average molecular weight is 245 g/mol. The summed E-state index contributed by atoms with van der Waals surface area (Å²) in [6, 6.07) is 5.54. The molecule has 1 unspecified atom stereocenters. The van der Waals surface area contributed by atoms with Crippen LogP contribution in [-0.2, 0) is 6.42 Å². The summed E-state index contributed by atoms with van der Waals surface area (Å²) in [6.45, 7) is 5.68. The van der Waals surface area contributed by atoms with Gasteiger partial charge in [-0.25, -0.2) is 4.98 Å². The van der Waals surface area contributed by atoms with Crippen LogP contribution >= 0.6 is 0 Å². The Morgan fingerprint density at radius 2 is 2.33 bits per heavy atom. The number of rotatable bonds is 3. The molecule has 1 fully saturated rings. The topological polar surface area (TPSA) is 40.8 Å². The van der Waals surface area contributed by atoms with Gasteiger partial charge in [0.1, 0.15) is 5.82 Å². The van der Waals surface area contributed by atoms with E-state index in [1.54, 1.807) is 6.07 Å². The van der Waals surface area contributed by atoms with Crippen molar-refractivity contribution in [1.29, 1.82) is 0 Å². The van der Waals surface area contributed by atoms with E-state index in [4.69, 9.17) is 0 Å². The van der Waals surface area contributed by atoms with Gasteiger partial charge in [-0.15, -0.1) is 0 Å². The summed E-state index contributed by atoms with van der Waals surface area (Å²) in [5, 5.41) is 9.93. The first-order valence-corrected chi connectivity index (χ1v) is 6.64. The van der Waals surface area contributed by atoms with Crippen LogP contribution in [-0.4, -0.2) is 39.0 Å². The Balaban J connectivity index is 1.83. The van der Waals surface area contributed by atoms with Crippen molar-refractivity contribution in [3.05, 3.63) is 30.2 Å². The van der Waals surface area contributed by atoms with Gasteiger partial charge < -0.3 is 10.0 Å². The van der Waals surface area contributed by atoms with Gasteiger partial charge in [0.05, 0.1) is 11.7 Å². The lowest BCUT2D eigenvalue weighted by molar-refractivity contribution is 0.340. The summed E-state index contributed by atoms with van der Waals surface area (Å²) >= 11 is 0. The highest BCUT2D eigenvalue weighted by molar-refractivity contribution is 5.48. The molecule has 1 atom stereocenters. The van der Waals surface area contributed by atoms with E-state index < -0.39 is 0 Å². The minimum absolute atomic E-state index is 0.283. The number of pyridine rings is 1. The maximum atomic E-state index is 9.93. The van der Waals surface area contributed by atoms with E-state index >= 15 is 0 Å². The third-order valence-electron chi connectivity index (χ3n) is 3.89. The van der Waals surface area contributed by atoms with Crippen LogP contribution in [0, 0.1) is 5.92 Å². The van der Waals surface area contributed by atoms with Crippen LogP contribution in [0.15, 0.2) is 24.4 Å². The molecule has 0 amide bonds. The summed E-state index contributed by atoms with van der Waals surface area (Å²) in [7, 11) is 0. The lowest BCUT2D eigenvalue weighted by Crippen LogP contribution is -2.20. The van der Waals surface area contributed by atoms with Gasteiger partial charge >= 0.3 is 0 Å². The van der Waals surface area contributed by atoms with Gasteiger partial charge in [-0.2, -0.15) is 0 Å². The lowest BCUT2D eigenvalue weighted by atomic mass is 10.0. The summed E-state index contributed by atoms with van der Waals surface area (Å²) in [5.74, 6) is 1.92. The van der Waals surface area contributed by atoms with Crippen molar-refractivity contribution in [3.63, 3.8) is 0 Å². The first-order valence-electron chi connectivity index (χ1n) is 6.64. The molecular formula is C14H19N3O. The van der Waals surface area contributed by atoms with Gasteiger partial charge in [0, 0.05) is 13.0 Å². The molecule has 3 rings (SSSR count). The van der Waals surface area contributed by atoms with Crippen molar-refractivity contribution in [2.45, 2.75) is 19.8 Å². The molecule has 18 heavy (non-hydrogen) atoms. The molecule has 1 saturated heterocycles. The highest BCUT2D eigenvalue weighted by Crippen LogP contribution is 2.23. The number of likely N-dealkylation sites (tertiary alicyclic amines) is 1. The van der Waals surface area contributed by atoms with Crippen molar-refractivity contribution < 1.29 is 5.11 Å². The number of fused-ring (bicyclic) bond motifs is 1. The molecule has 0 bridgehead atoms. The van der Waals surface area contributed by atoms with Crippen molar-refractivity contribution in [1.82, 2.24) is 14.3 Å². The highest BCUT2D eigenvalue weighted by atomic mass is 16.3. The van der Waals surface area contributed by atoms with E-state index in [9.17, 15) is 5.11 Å². The van der Waals surface area contributed by atoms with Crippen LogP contribution in [0.1, 0.15) is 19.2 Å². The van der Waals surface area contributed by atoms with Gasteiger partial charge in [0.2, 0.25) is 0 Å². The third kappa shape index (κ3) is 1.97. The van der Waals surface area contributed by atoms with Crippen molar-refractivity contribution in [2.24, 2.45) is 5.92 Å². The highest BCUT2D eigenvalue weighted by Gasteiger charge is 2.23. The molecule has 0 aromatic carbocycles. The Kier molecular flexibility index (Phi) is 2.96. The number of imidazole rings is 1. The van der Waals surface area contributed by atoms with E-state index in [1.807, 2.05) is 22.7 Å². The Hall–Kier alpha value is -1.55. The zero-order valence-electron chi connectivity index (χ0n) is 10.7. The predicted molar refractivity (Wildman–Crippen MR) is 70.8 cm³/mol. The van der Waals surface area contributed by atoms with Gasteiger partial charge in [0.15, 0.2) is 5.88 Å². The monoisotopic (exact) mass is 245 g/mol. The molecule has 1 N–H and O–H groups in total. The average Bonchev–Trinajstić information content (AvgIpc) is 2.98. The van der Waals surface area contributed by atoms with Gasteiger partial charge in [-0.05, 0) is 37.6 Å². The van der Waals surface area contributed by atoms with Gasteiger partial charge in [-0.3, -0.25) is 4.40 Å². The van der Waals surface area contributed by atoms with Crippen LogP contribution < -0.4 is 0 Å². The lowest BCUT2D eigenvalue weighted by Gasteiger charge is -2.12. The number of hydrogen-bond donors (Lipinski definition) is 1. The van der Waals surface area contributed by atoms with Crippen molar-refractivity contribution in [2.75, 3.05) is 19.6 Å². The summed E-state index contributed by atoms with van der Waals surface area (Å²) in [6.07, 6.45) is 4.01. The summed E-state index contributed by atoms with van der Waals surface area (Å²) < 4.78 is 1.86. The molecule has 3 heterocycles. The van der Waals surface area contributed by atoms with Gasteiger partial charge in [0.25, 0.3) is 0 Å².